The SMILES string of the molecule is O=CC1CNCC(C2CCS(=O)(=O)C2)C1. The summed E-state index contributed by atoms with van der Waals surface area (Å²) in [4.78, 5) is 10.7. The van der Waals surface area contributed by atoms with Crippen LogP contribution in [0.25, 0.3) is 0 Å². The van der Waals surface area contributed by atoms with Crippen LogP contribution in [0.3, 0.4) is 0 Å². The summed E-state index contributed by atoms with van der Waals surface area (Å²) in [5, 5.41) is 3.21. The van der Waals surface area contributed by atoms with E-state index in [-0.39, 0.29) is 11.8 Å². The van der Waals surface area contributed by atoms with E-state index < -0.39 is 9.84 Å². The molecule has 2 aliphatic heterocycles. The Labute approximate surface area is 90.3 Å². The van der Waals surface area contributed by atoms with Gasteiger partial charge < -0.3 is 10.1 Å². The molecule has 0 spiro atoms. The molecule has 0 aromatic rings. The Balaban J connectivity index is 1.97. The maximum absolute atomic E-state index is 11.3. The molecule has 3 atom stereocenters. The van der Waals surface area contributed by atoms with Crippen LogP contribution in [0.5, 0.6) is 0 Å². The number of nitrogens with one attached hydrogen (secondary N) is 1. The Morgan fingerprint density at radius 2 is 2.00 bits per heavy atom. The lowest BCUT2D eigenvalue weighted by Gasteiger charge is -2.30. The van der Waals surface area contributed by atoms with E-state index >= 15 is 0 Å². The van der Waals surface area contributed by atoms with Crippen molar-refractivity contribution in [1.29, 1.82) is 0 Å². The summed E-state index contributed by atoms with van der Waals surface area (Å²) in [6.45, 7) is 1.62. The zero-order chi connectivity index (χ0) is 10.9. The van der Waals surface area contributed by atoms with E-state index in [9.17, 15) is 13.2 Å². The number of rotatable bonds is 2. The van der Waals surface area contributed by atoms with E-state index in [0.29, 0.717) is 17.4 Å². The third-order valence-corrected chi connectivity index (χ3v) is 5.34. The van der Waals surface area contributed by atoms with Crippen LogP contribution in [0.2, 0.25) is 0 Å². The predicted octanol–water partition coefficient (Wildman–Crippen LogP) is -0.154. The van der Waals surface area contributed by atoms with Crippen molar-refractivity contribution in [2.24, 2.45) is 17.8 Å². The molecule has 2 saturated heterocycles. The highest BCUT2D eigenvalue weighted by molar-refractivity contribution is 7.91. The quantitative estimate of drug-likeness (QED) is 0.671. The fourth-order valence-electron chi connectivity index (χ4n) is 2.67. The van der Waals surface area contributed by atoms with Crippen molar-refractivity contribution >= 4 is 16.1 Å². The van der Waals surface area contributed by atoms with Crippen LogP contribution in [0.15, 0.2) is 0 Å². The molecule has 0 aromatic heterocycles. The average Bonchev–Trinajstić information content (AvgIpc) is 2.59. The molecule has 2 fully saturated rings. The van der Waals surface area contributed by atoms with Crippen LogP contribution in [0.1, 0.15) is 12.8 Å². The third kappa shape index (κ3) is 2.58. The summed E-state index contributed by atoms with van der Waals surface area (Å²) in [7, 11) is -2.79. The molecule has 0 amide bonds. The van der Waals surface area contributed by atoms with Gasteiger partial charge in [0.2, 0.25) is 0 Å². The lowest BCUT2D eigenvalue weighted by Crippen LogP contribution is -2.40. The van der Waals surface area contributed by atoms with Gasteiger partial charge in [0, 0.05) is 12.5 Å². The van der Waals surface area contributed by atoms with Gasteiger partial charge in [-0.15, -0.1) is 0 Å². The largest absolute Gasteiger partial charge is 0.316 e. The first-order valence-corrected chi connectivity index (χ1v) is 7.29. The monoisotopic (exact) mass is 231 g/mol. The normalized spacial score (nSPS) is 40.1. The standard InChI is InChI=1S/C10H17NO3S/c12-6-8-3-10(5-11-4-8)9-1-2-15(13,14)7-9/h6,8-11H,1-5,7H2. The van der Waals surface area contributed by atoms with Crippen LogP contribution in [-0.2, 0) is 14.6 Å². The second-order valence-corrected chi connectivity index (χ2v) is 6.94. The zero-order valence-electron chi connectivity index (χ0n) is 8.69. The van der Waals surface area contributed by atoms with Gasteiger partial charge in [0.05, 0.1) is 11.5 Å². The smallest absolute Gasteiger partial charge is 0.150 e. The third-order valence-electron chi connectivity index (χ3n) is 3.55. The second-order valence-electron chi connectivity index (χ2n) is 4.71. The van der Waals surface area contributed by atoms with Crippen LogP contribution in [0, 0.1) is 17.8 Å². The Morgan fingerprint density at radius 3 is 2.60 bits per heavy atom. The molecule has 2 heterocycles. The number of hydrogen-bond donors (Lipinski definition) is 1. The predicted molar refractivity (Wildman–Crippen MR) is 57.3 cm³/mol. The first-order valence-electron chi connectivity index (χ1n) is 5.47. The lowest BCUT2D eigenvalue weighted by molar-refractivity contribution is -0.112. The minimum Gasteiger partial charge on any atom is -0.316 e. The van der Waals surface area contributed by atoms with Crippen LogP contribution < -0.4 is 5.32 Å². The van der Waals surface area contributed by atoms with E-state index in [1.807, 2.05) is 0 Å². The Bertz CT molecular complexity index is 339. The van der Waals surface area contributed by atoms with Crippen molar-refractivity contribution in [3.8, 4) is 0 Å². The van der Waals surface area contributed by atoms with Gasteiger partial charge >= 0.3 is 0 Å². The van der Waals surface area contributed by atoms with Gasteiger partial charge in [-0.3, -0.25) is 0 Å². The zero-order valence-corrected chi connectivity index (χ0v) is 9.50. The van der Waals surface area contributed by atoms with Gasteiger partial charge in [-0.2, -0.15) is 0 Å². The molecule has 2 aliphatic rings. The van der Waals surface area contributed by atoms with E-state index in [4.69, 9.17) is 0 Å². The molecule has 2 rings (SSSR count). The minimum atomic E-state index is -2.79. The summed E-state index contributed by atoms with van der Waals surface area (Å²) in [5.41, 5.74) is 0. The molecular formula is C10H17NO3S. The van der Waals surface area contributed by atoms with E-state index in [1.54, 1.807) is 0 Å². The van der Waals surface area contributed by atoms with Crippen molar-refractivity contribution in [3.63, 3.8) is 0 Å². The Hall–Kier alpha value is -0.420. The Kier molecular flexibility index (Phi) is 3.11. The topological polar surface area (TPSA) is 63.2 Å². The first-order chi connectivity index (χ1) is 7.11. The number of aldehydes is 1. The van der Waals surface area contributed by atoms with Gasteiger partial charge in [0.25, 0.3) is 0 Å². The summed E-state index contributed by atoms with van der Waals surface area (Å²) < 4.78 is 22.7. The molecule has 0 aromatic carbocycles. The van der Waals surface area contributed by atoms with Gasteiger partial charge in [-0.1, -0.05) is 0 Å². The van der Waals surface area contributed by atoms with Crippen LogP contribution in [-0.4, -0.2) is 39.3 Å². The summed E-state index contributed by atoms with van der Waals surface area (Å²) in [6, 6.07) is 0. The highest BCUT2D eigenvalue weighted by atomic mass is 32.2. The number of hydrogen-bond acceptors (Lipinski definition) is 4. The summed E-state index contributed by atoms with van der Waals surface area (Å²) in [5.74, 6) is 1.37. The molecular weight excluding hydrogens is 214 g/mol. The highest BCUT2D eigenvalue weighted by Gasteiger charge is 2.35. The maximum atomic E-state index is 11.3. The average molecular weight is 231 g/mol. The van der Waals surface area contributed by atoms with Crippen molar-refractivity contribution in [2.75, 3.05) is 24.6 Å². The molecule has 86 valence electrons. The van der Waals surface area contributed by atoms with Gasteiger partial charge in [-0.25, -0.2) is 8.42 Å². The maximum Gasteiger partial charge on any atom is 0.150 e. The van der Waals surface area contributed by atoms with Crippen molar-refractivity contribution in [3.05, 3.63) is 0 Å². The number of carbonyl (C=O) groups excluding carboxylic acids is 1. The molecule has 0 aliphatic carbocycles. The number of piperidine rings is 1. The number of sulfone groups is 1. The molecule has 3 unspecified atom stereocenters. The van der Waals surface area contributed by atoms with Crippen molar-refractivity contribution < 1.29 is 13.2 Å². The number of carbonyl (C=O) groups is 1. The van der Waals surface area contributed by atoms with Crippen LogP contribution >= 0.6 is 0 Å². The summed E-state index contributed by atoms with van der Waals surface area (Å²) >= 11 is 0. The van der Waals surface area contributed by atoms with E-state index in [1.165, 1.54) is 0 Å². The van der Waals surface area contributed by atoms with Crippen molar-refractivity contribution in [1.82, 2.24) is 5.32 Å². The van der Waals surface area contributed by atoms with E-state index in [0.717, 1.165) is 32.2 Å². The molecule has 0 saturated carbocycles. The highest BCUT2D eigenvalue weighted by Crippen LogP contribution is 2.31. The first kappa shape index (κ1) is 11.1. The van der Waals surface area contributed by atoms with Gasteiger partial charge in [0.15, 0.2) is 9.84 Å². The molecule has 15 heavy (non-hydrogen) atoms. The molecule has 0 bridgehead atoms. The van der Waals surface area contributed by atoms with Gasteiger partial charge in [-0.05, 0) is 31.2 Å². The lowest BCUT2D eigenvalue weighted by atomic mass is 9.82. The second kappa shape index (κ2) is 4.22. The fourth-order valence-corrected chi connectivity index (χ4v) is 4.59. The molecule has 1 N–H and O–H groups in total. The molecule has 4 nitrogen and oxygen atoms in total. The Morgan fingerprint density at radius 1 is 1.20 bits per heavy atom. The minimum absolute atomic E-state index is 0.0760. The summed E-state index contributed by atoms with van der Waals surface area (Å²) in [6.07, 6.45) is 2.62. The van der Waals surface area contributed by atoms with E-state index in [2.05, 4.69) is 5.32 Å². The molecule has 5 heteroatoms. The van der Waals surface area contributed by atoms with Gasteiger partial charge in [0.1, 0.15) is 6.29 Å². The van der Waals surface area contributed by atoms with Crippen LogP contribution in [0.4, 0.5) is 0 Å². The van der Waals surface area contributed by atoms with Crippen molar-refractivity contribution in [2.45, 2.75) is 12.8 Å². The molecule has 0 radical (unpaired) electrons. The fraction of sp³-hybridized carbons (Fsp3) is 0.900.